The zero-order valence-corrected chi connectivity index (χ0v) is 31.1. The molecule has 0 heterocycles. The predicted molar refractivity (Wildman–Crippen MR) is 194 cm³/mol. The molecule has 3 saturated carbocycles. The average molecular weight is 697 g/mol. The first-order valence-electron chi connectivity index (χ1n) is 19.8. The van der Waals surface area contributed by atoms with Crippen molar-refractivity contribution in [3.63, 3.8) is 0 Å². The number of carbonyl (C=O) groups excluding carboxylic acids is 4. The number of ether oxygens (including phenoxy) is 2. The zero-order chi connectivity index (χ0) is 36.2. The third-order valence-corrected chi connectivity index (χ3v) is 12.7. The van der Waals surface area contributed by atoms with Crippen molar-refractivity contribution in [1.82, 2.24) is 0 Å². The van der Waals surface area contributed by atoms with Crippen LogP contribution in [0.15, 0.2) is 36.0 Å². The SMILES string of the molecule is CCCCCCC/C=C\CCCCCCCCOC(=O)CCC(=O)OCC(=O)[C@@]1(O)CC[C@H]2[C@@H]3CCC4=CC(=O)C=C[C@]4(C)[C@H]3[C@@H](O)C[C@@]21C. The molecule has 0 aromatic heterocycles. The number of aliphatic hydroxyl groups excluding tert-OH is 1. The minimum Gasteiger partial charge on any atom is -0.466 e. The summed E-state index contributed by atoms with van der Waals surface area (Å²) in [6.45, 7) is 5.99. The number of carbonyl (C=O) groups is 4. The molecule has 0 aliphatic heterocycles. The number of rotatable bonds is 21. The van der Waals surface area contributed by atoms with Crippen LogP contribution in [0.2, 0.25) is 0 Å². The second-order valence-electron chi connectivity index (χ2n) is 16.0. The molecule has 0 unspecified atom stereocenters. The number of aliphatic hydroxyl groups is 2. The number of hydrogen-bond donors (Lipinski definition) is 2. The smallest absolute Gasteiger partial charge is 0.306 e. The van der Waals surface area contributed by atoms with E-state index in [0.29, 0.717) is 13.0 Å². The van der Waals surface area contributed by atoms with E-state index in [1.165, 1.54) is 57.8 Å². The lowest BCUT2D eigenvalue weighted by Crippen LogP contribution is -2.61. The summed E-state index contributed by atoms with van der Waals surface area (Å²) in [4.78, 5) is 50.2. The summed E-state index contributed by atoms with van der Waals surface area (Å²) in [5.41, 5.74) is -1.96. The Bertz CT molecular complexity index is 1270. The van der Waals surface area contributed by atoms with Crippen LogP contribution in [0.3, 0.4) is 0 Å². The lowest BCUT2D eigenvalue weighted by molar-refractivity contribution is -0.181. The van der Waals surface area contributed by atoms with Gasteiger partial charge in [0, 0.05) is 16.7 Å². The van der Waals surface area contributed by atoms with Gasteiger partial charge in [-0.25, -0.2) is 0 Å². The molecule has 0 bridgehead atoms. The molecule has 8 heteroatoms. The molecule has 4 aliphatic carbocycles. The first-order chi connectivity index (χ1) is 24.0. The van der Waals surface area contributed by atoms with Crippen LogP contribution in [0.1, 0.15) is 149 Å². The summed E-state index contributed by atoms with van der Waals surface area (Å²) in [5.74, 6) is -1.71. The van der Waals surface area contributed by atoms with Gasteiger partial charge in [0.15, 0.2) is 12.4 Å². The molecule has 4 aliphatic rings. The van der Waals surface area contributed by atoms with Crippen molar-refractivity contribution in [2.45, 2.75) is 161 Å². The lowest BCUT2D eigenvalue weighted by Gasteiger charge is -2.59. The van der Waals surface area contributed by atoms with Crippen molar-refractivity contribution in [3.05, 3.63) is 36.0 Å². The molecule has 3 fully saturated rings. The topological polar surface area (TPSA) is 127 Å². The number of Topliss-reactive ketones (excluding diaryl/α,β-unsaturated/α-hetero) is 1. The maximum atomic E-state index is 13.5. The van der Waals surface area contributed by atoms with E-state index in [0.717, 1.165) is 44.1 Å². The van der Waals surface area contributed by atoms with Crippen LogP contribution in [0.25, 0.3) is 0 Å². The lowest BCUT2D eigenvalue weighted by atomic mass is 9.46. The van der Waals surface area contributed by atoms with Crippen molar-refractivity contribution in [1.29, 1.82) is 0 Å². The number of hydrogen-bond acceptors (Lipinski definition) is 8. The summed E-state index contributed by atoms with van der Waals surface area (Å²) in [6, 6.07) is 0. The Labute approximate surface area is 300 Å². The van der Waals surface area contributed by atoms with Crippen molar-refractivity contribution < 1.29 is 38.9 Å². The highest BCUT2D eigenvalue weighted by molar-refractivity contribution is 6.01. The zero-order valence-electron chi connectivity index (χ0n) is 31.1. The van der Waals surface area contributed by atoms with E-state index in [4.69, 9.17) is 9.47 Å². The standard InChI is InChI=1S/C42H64O8/c1-4-5-6-7-8-9-10-11-12-13-14-15-16-17-18-27-49-37(46)21-22-38(47)50-30-36(45)42(48)26-24-34-33-20-19-31-28-32(43)23-25-40(31,2)39(33)35(44)29-41(34,42)3/h10-11,23,25,28,33-35,39,44,48H,4-9,12-22,24,26-27,29-30H2,1-3H3/b11-10-/t33-,34-,35-,39+,40-,41-,42-/m0/s1. The Morgan fingerprint density at radius 1 is 0.880 bits per heavy atom. The number of unbranched alkanes of at least 4 members (excludes halogenated alkanes) is 11. The van der Waals surface area contributed by atoms with Gasteiger partial charge in [0.05, 0.1) is 25.6 Å². The Balaban J connectivity index is 1.08. The van der Waals surface area contributed by atoms with E-state index in [-0.39, 0.29) is 49.2 Å². The minimum atomic E-state index is -1.72. The highest BCUT2D eigenvalue weighted by atomic mass is 16.5. The Morgan fingerprint density at radius 3 is 2.18 bits per heavy atom. The van der Waals surface area contributed by atoms with Crippen LogP contribution >= 0.6 is 0 Å². The molecule has 2 N–H and O–H groups in total. The van der Waals surface area contributed by atoms with E-state index in [1.807, 2.05) is 13.0 Å². The summed E-state index contributed by atoms with van der Waals surface area (Å²) in [5, 5.41) is 23.4. The maximum Gasteiger partial charge on any atom is 0.306 e. The van der Waals surface area contributed by atoms with E-state index in [2.05, 4.69) is 26.0 Å². The third-order valence-electron chi connectivity index (χ3n) is 12.7. The van der Waals surface area contributed by atoms with Crippen molar-refractivity contribution in [3.8, 4) is 0 Å². The van der Waals surface area contributed by atoms with Crippen molar-refractivity contribution >= 4 is 23.5 Å². The molecular formula is C42H64O8. The monoisotopic (exact) mass is 696 g/mol. The molecule has 0 amide bonds. The van der Waals surface area contributed by atoms with Gasteiger partial charge < -0.3 is 19.7 Å². The first kappa shape index (κ1) is 40.2. The highest BCUT2D eigenvalue weighted by Crippen LogP contribution is 2.67. The summed E-state index contributed by atoms with van der Waals surface area (Å²) in [7, 11) is 0. The fourth-order valence-electron chi connectivity index (χ4n) is 9.76. The largest absolute Gasteiger partial charge is 0.466 e. The van der Waals surface area contributed by atoms with Gasteiger partial charge >= 0.3 is 11.9 Å². The van der Waals surface area contributed by atoms with Crippen LogP contribution in [0.4, 0.5) is 0 Å². The predicted octanol–water partition coefficient (Wildman–Crippen LogP) is 8.08. The number of esters is 2. The van der Waals surface area contributed by atoms with E-state index >= 15 is 0 Å². The highest BCUT2D eigenvalue weighted by Gasteiger charge is 2.68. The van der Waals surface area contributed by atoms with Crippen LogP contribution < -0.4 is 0 Å². The molecule has 0 radical (unpaired) electrons. The molecule has 0 aromatic rings. The van der Waals surface area contributed by atoms with Gasteiger partial charge in [-0.2, -0.15) is 0 Å². The van der Waals surface area contributed by atoms with E-state index in [1.54, 1.807) is 12.2 Å². The Hall–Kier alpha value is -2.58. The molecule has 4 rings (SSSR count). The fourth-order valence-corrected chi connectivity index (χ4v) is 9.76. The fraction of sp³-hybridized carbons (Fsp3) is 0.762. The van der Waals surface area contributed by atoms with Crippen LogP contribution in [0.5, 0.6) is 0 Å². The van der Waals surface area contributed by atoms with Gasteiger partial charge in [-0.3, -0.25) is 19.2 Å². The van der Waals surface area contributed by atoms with Gasteiger partial charge in [0.25, 0.3) is 0 Å². The van der Waals surface area contributed by atoms with E-state index in [9.17, 15) is 29.4 Å². The maximum absolute atomic E-state index is 13.5. The van der Waals surface area contributed by atoms with Gasteiger partial charge in [0.2, 0.25) is 5.78 Å². The van der Waals surface area contributed by atoms with Gasteiger partial charge in [0.1, 0.15) is 5.60 Å². The van der Waals surface area contributed by atoms with E-state index < -0.39 is 46.9 Å². The Kier molecular flexibility index (Phi) is 15.1. The average Bonchev–Trinajstić information content (AvgIpc) is 3.36. The Morgan fingerprint density at radius 2 is 1.50 bits per heavy atom. The number of fused-ring (bicyclic) bond motifs is 5. The quantitative estimate of drug-likeness (QED) is 0.0701. The third kappa shape index (κ3) is 9.64. The van der Waals surface area contributed by atoms with Gasteiger partial charge in [-0.1, -0.05) is 95.9 Å². The summed E-state index contributed by atoms with van der Waals surface area (Å²) < 4.78 is 10.5. The first-order valence-corrected chi connectivity index (χ1v) is 19.8. The molecule has 0 saturated heterocycles. The second-order valence-corrected chi connectivity index (χ2v) is 16.0. The molecule has 0 spiro atoms. The van der Waals surface area contributed by atoms with Gasteiger partial charge in [-0.05, 0) is 88.2 Å². The second kappa shape index (κ2) is 18.8. The van der Waals surface area contributed by atoms with Crippen molar-refractivity contribution in [2.75, 3.05) is 13.2 Å². The number of ketones is 2. The van der Waals surface area contributed by atoms with Crippen LogP contribution in [-0.4, -0.2) is 58.6 Å². The summed E-state index contributed by atoms with van der Waals surface area (Å²) >= 11 is 0. The number of allylic oxidation sites excluding steroid dienone is 6. The minimum absolute atomic E-state index is 0.0155. The molecule has 280 valence electrons. The molecular weight excluding hydrogens is 632 g/mol. The molecule has 8 nitrogen and oxygen atoms in total. The van der Waals surface area contributed by atoms with Crippen LogP contribution in [0, 0.1) is 28.6 Å². The molecule has 50 heavy (non-hydrogen) atoms. The summed E-state index contributed by atoms with van der Waals surface area (Å²) in [6.07, 6.45) is 27.0. The van der Waals surface area contributed by atoms with Gasteiger partial charge in [-0.15, -0.1) is 0 Å². The van der Waals surface area contributed by atoms with Crippen LogP contribution in [-0.2, 0) is 28.7 Å². The molecule has 7 atom stereocenters. The normalized spacial score (nSPS) is 31.5. The van der Waals surface area contributed by atoms with Crippen molar-refractivity contribution in [2.24, 2.45) is 28.6 Å². The molecule has 0 aromatic carbocycles.